The van der Waals surface area contributed by atoms with Gasteiger partial charge in [0.2, 0.25) is 5.91 Å². The third-order valence-electron chi connectivity index (χ3n) is 3.69. The molecule has 0 fully saturated rings. The molecule has 1 atom stereocenters. The topological polar surface area (TPSA) is 66.0 Å². The first-order valence-corrected chi connectivity index (χ1v) is 8.33. The van der Waals surface area contributed by atoms with E-state index >= 15 is 0 Å². The number of nitrogens with one attached hydrogen (secondary N) is 1. The molecular weight excluding hydrogens is 308 g/mol. The molecule has 0 saturated carbocycles. The van der Waals surface area contributed by atoms with Gasteiger partial charge in [-0.2, -0.15) is 5.26 Å². The monoisotopic (exact) mass is 324 g/mol. The highest BCUT2D eigenvalue weighted by molar-refractivity contribution is 8.02. The predicted molar refractivity (Wildman–Crippen MR) is 89.3 cm³/mol. The molecule has 0 saturated heterocycles. The lowest BCUT2D eigenvalue weighted by Gasteiger charge is -2.23. The van der Waals surface area contributed by atoms with Crippen LogP contribution >= 0.6 is 11.8 Å². The number of amides is 1. The van der Waals surface area contributed by atoms with Crippen molar-refractivity contribution in [2.24, 2.45) is 0 Å². The Bertz CT molecular complexity index is 787. The minimum Gasteiger partial charge on any atom is -0.466 e. The van der Waals surface area contributed by atoms with Gasteiger partial charge in [-0.1, -0.05) is 30.3 Å². The van der Waals surface area contributed by atoms with Crippen LogP contribution in [0.3, 0.4) is 0 Å². The third-order valence-corrected chi connectivity index (χ3v) is 4.77. The van der Waals surface area contributed by atoms with Gasteiger partial charge in [-0.3, -0.25) is 4.79 Å². The molecule has 0 aliphatic carbocycles. The molecule has 0 unspecified atom stereocenters. The Hall–Kier alpha value is -2.45. The van der Waals surface area contributed by atoms with E-state index in [1.54, 1.807) is 0 Å². The summed E-state index contributed by atoms with van der Waals surface area (Å²) in [6.45, 7) is 1.85. The van der Waals surface area contributed by atoms with E-state index in [4.69, 9.17) is 4.42 Å². The summed E-state index contributed by atoms with van der Waals surface area (Å²) >= 11 is 1.48. The van der Waals surface area contributed by atoms with Gasteiger partial charge in [0.05, 0.1) is 22.6 Å². The molecule has 1 N–H and O–H groups in total. The Kier molecular flexibility index (Phi) is 4.54. The molecule has 5 heteroatoms. The average Bonchev–Trinajstić information content (AvgIpc) is 2.99. The van der Waals surface area contributed by atoms with Crippen molar-refractivity contribution in [3.63, 3.8) is 0 Å². The molecular formula is C18H16N2O2S. The Morgan fingerprint density at radius 2 is 2.09 bits per heavy atom. The van der Waals surface area contributed by atoms with Crippen molar-refractivity contribution in [2.45, 2.75) is 25.0 Å². The zero-order valence-electron chi connectivity index (χ0n) is 12.7. The summed E-state index contributed by atoms with van der Waals surface area (Å²) in [6, 6.07) is 15.9. The fourth-order valence-corrected chi connectivity index (χ4v) is 3.58. The van der Waals surface area contributed by atoms with Gasteiger partial charge in [-0.25, -0.2) is 0 Å². The quantitative estimate of drug-likeness (QED) is 0.927. The van der Waals surface area contributed by atoms with Crippen LogP contribution in [0.5, 0.6) is 0 Å². The van der Waals surface area contributed by atoms with Crippen LogP contribution in [-0.2, 0) is 10.5 Å². The van der Waals surface area contributed by atoms with Gasteiger partial charge >= 0.3 is 0 Å². The molecule has 4 nitrogen and oxygen atoms in total. The van der Waals surface area contributed by atoms with Crippen LogP contribution in [0.1, 0.15) is 29.4 Å². The number of allylic oxidation sites excluding steroid dienone is 1. The van der Waals surface area contributed by atoms with Crippen molar-refractivity contribution in [1.29, 1.82) is 5.26 Å². The van der Waals surface area contributed by atoms with Crippen molar-refractivity contribution in [3.8, 4) is 6.07 Å². The molecule has 3 rings (SSSR count). The molecule has 0 spiro atoms. The maximum absolute atomic E-state index is 12.0. The van der Waals surface area contributed by atoms with E-state index in [9.17, 15) is 10.1 Å². The van der Waals surface area contributed by atoms with Crippen molar-refractivity contribution < 1.29 is 9.21 Å². The van der Waals surface area contributed by atoms with E-state index in [0.29, 0.717) is 22.1 Å². The molecule has 1 amide bonds. The highest BCUT2D eigenvalue weighted by atomic mass is 32.2. The van der Waals surface area contributed by atoms with Crippen molar-refractivity contribution in [3.05, 3.63) is 70.2 Å². The van der Waals surface area contributed by atoms with Gasteiger partial charge in [0.25, 0.3) is 0 Å². The second-order valence-corrected chi connectivity index (χ2v) is 6.37. The predicted octanol–water partition coefficient (Wildman–Crippen LogP) is 3.86. The Morgan fingerprint density at radius 1 is 1.30 bits per heavy atom. The zero-order valence-corrected chi connectivity index (χ0v) is 13.5. The summed E-state index contributed by atoms with van der Waals surface area (Å²) in [6.07, 6.45) is 0.241. The largest absolute Gasteiger partial charge is 0.466 e. The lowest BCUT2D eigenvalue weighted by atomic mass is 9.92. The Morgan fingerprint density at radius 3 is 2.74 bits per heavy atom. The van der Waals surface area contributed by atoms with Gasteiger partial charge in [-0.15, -0.1) is 11.8 Å². The lowest BCUT2D eigenvalue weighted by molar-refractivity contribution is -0.120. The summed E-state index contributed by atoms with van der Waals surface area (Å²) < 4.78 is 5.64. The van der Waals surface area contributed by atoms with E-state index in [-0.39, 0.29) is 18.2 Å². The van der Waals surface area contributed by atoms with E-state index in [1.807, 2.05) is 49.4 Å². The zero-order chi connectivity index (χ0) is 16.2. The maximum Gasteiger partial charge on any atom is 0.225 e. The standard InChI is InChI=1S/C18H16N2O2S/c1-12-7-8-16(22-12)14-9-17(21)20-18(15(14)10-19)23-11-13-5-3-2-4-6-13/h2-8,14H,9,11H2,1H3,(H,20,21)/t14-/m1/s1. The second kappa shape index (κ2) is 6.76. The van der Waals surface area contributed by atoms with Crippen LogP contribution in [0.15, 0.2) is 57.5 Å². The normalized spacial score (nSPS) is 17.7. The fourth-order valence-electron chi connectivity index (χ4n) is 2.55. The first-order valence-electron chi connectivity index (χ1n) is 7.34. The molecule has 2 aromatic rings. The average molecular weight is 324 g/mol. The van der Waals surface area contributed by atoms with Crippen LogP contribution in [0.2, 0.25) is 0 Å². The molecule has 116 valence electrons. The van der Waals surface area contributed by atoms with E-state index < -0.39 is 0 Å². The SMILES string of the molecule is Cc1ccc([C@@H]2CC(=O)NC(SCc3ccccc3)=C2C#N)o1. The van der Waals surface area contributed by atoms with Crippen LogP contribution in [-0.4, -0.2) is 5.91 Å². The molecule has 0 radical (unpaired) electrons. The number of benzene rings is 1. The van der Waals surface area contributed by atoms with Crippen LogP contribution < -0.4 is 5.32 Å². The number of aryl methyl sites for hydroxylation is 1. The number of nitriles is 1. The number of thioether (sulfide) groups is 1. The number of hydrogen-bond acceptors (Lipinski definition) is 4. The third kappa shape index (κ3) is 3.49. The summed E-state index contributed by atoms with van der Waals surface area (Å²) in [5.74, 6) is 1.76. The molecule has 1 aliphatic heterocycles. The second-order valence-electron chi connectivity index (χ2n) is 5.38. The van der Waals surface area contributed by atoms with Crippen LogP contribution in [0.4, 0.5) is 0 Å². The minimum atomic E-state index is -0.305. The summed E-state index contributed by atoms with van der Waals surface area (Å²) in [4.78, 5) is 12.0. The highest BCUT2D eigenvalue weighted by Crippen LogP contribution is 2.37. The van der Waals surface area contributed by atoms with Gasteiger partial charge in [0, 0.05) is 12.2 Å². The maximum atomic E-state index is 12.0. The van der Waals surface area contributed by atoms with Crippen LogP contribution in [0, 0.1) is 18.3 Å². The van der Waals surface area contributed by atoms with Gasteiger partial charge in [0.15, 0.2) is 0 Å². The van der Waals surface area contributed by atoms with Crippen LogP contribution in [0.25, 0.3) is 0 Å². The number of hydrogen-bond donors (Lipinski definition) is 1. The van der Waals surface area contributed by atoms with E-state index in [1.165, 1.54) is 11.8 Å². The first-order chi connectivity index (χ1) is 11.2. The number of nitrogens with zero attached hydrogens (tertiary/aromatic N) is 1. The van der Waals surface area contributed by atoms with E-state index in [2.05, 4.69) is 11.4 Å². The number of furan rings is 1. The molecule has 23 heavy (non-hydrogen) atoms. The number of rotatable bonds is 4. The van der Waals surface area contributed by atoms with Crippen molar-refractivity contribution >= 4 is 17.7 Å². The fraction of sp³-hybridized carbons (Fsp3) is 0.222. The summed E-state index contributed by atoms with van der Waals surface area (Å²) in [5, 5.41) is 13.0. The van der Waals surface area contributed by atoms with Gasteiger partial charge in [-0.05, 0) is 24.6 Å². The molecule has 0 bridgehead atoms. The van der Waals surface area contributed by atoms with Gasteiger partial charge in [0.1, 0.15) is 11.5 Å². The highest BCUT2D eigenvalue weighted by Gasteiger charge is 2.31. The Labute approximate surface area is 139 Å². The molecule has 1 aliphatic rings. The smallest absolute Gasteiger partial charge is 0.225 e. The number of carbonyl (C=O) groups excluding carboxylic acids is 1. The summed E-state index contributed by atoms with van der Waals surface area (Å²) in [7, 11) is 0. The van der Waals surface area contributed by atoms with Crippen molar-refractivity contribution in [2.75, 3.05) is 0 Å². The number of carbonyl (C=O) groups is 1. The Balaban J connectivity index is 1.87. The molecule has 2 heterocycles. The lowest BCUT2D eigenvalue weighted by Crippen LogP contribution is -2.30. The van der Waals surface area contributed by atoms with Gasteiger partial charge < -0.3 is 9.73 Å². The molecule has 1 aromatic carbocycles. The van der Waals surface area contributed by atoms with E-state index in [0.717, 1.165) is 11.3 Å². The minimum absolute atomic E-state index is 0.0846. The molecule has 1 aromatic heterocycles. The summed E-state index contributed by atoms with van der Waals surface area (Å²) in [5.41, 5.74) is 1.72. The first kappa shape index (κ1) is 15.4. The van der Waals surface area contributed by atoms with Crippen molar-refractivity contribution in [1.82, 2.24) is 5.32 Å².